The van der Waals surface area contributed by atoms with E-state index in [1.54, 1.807) is 12.1 Å². The number of hydrogen-bond donors (Lipinski definition) is 0. The summed E-state index contributed by atoms with van der Waals surface area (Å²) in [6, 6.07) is 6.47. The van der Waals surface area contributed by atoms with Crippen molar-refractivity contribution >= 4 is 17.7 Å². The predicted molar refractivity (Wildman–Crippen MR) is 47.9 cm³/mol. The normalized spacial score (nSPS) is 11.0. The van der Waals surface area contributed by atoms with Crippen molar-refractivity contribution in [3.05, 3.63) is 29.8 Å². The van der Waals surface area contributed by atoms with Gasteiger partial charge in [-0.15, -0.1) is 0 Å². The first-order valence-electron chi connectivity index (χ1n) is 3.36. The maximum atomic E-state index is 11.1. The van der Waals surface area contributed by atoms with Crippen LogP contribution in [0.4, 0.5) is 0 Å². The molecular formula is C7H8BNO2S. The first-order valence-corrected chi connectivity index (χ1v) is 4.80. The standard InChI is InChI=1S/C7H8BNO2S/c1-6-2-4-7(5-3-6)12(10,11)9-8/h2-5,8H,1H3. The molecule has 0 saturated heterocycles. The van der Waals surface area contributed by atoms with Gasteiger partial charge in [-0.1, -0.05) is 0 Å². The molecule has 0 N–H and O–H groups in total. The summed E-state index contributed by atoms with van der Waals surface area (Å²) in [4.78, 5) is 0.183. The van der Waals surface area contributed by atoms with Gasteiger partial charge in [-0.3, -0.25) is 0 Å². The van der Waals surface area contributed by atoms with Gasteiger partial charge < -0.3 is 0 Å². The minimum atomic E-state index is -3.50. The Labute approximate surface area is 72.6 Å². The molecule has 0 saturated carbocycles. The Morgan fingerprint density at radius 1 is 1.25 bits per heavy atom. The van der Waals surface area contributed by atoms with Crippen LogP contribution in [0.25, 0.3) is 0 Å². The van der Waals surface area contributed by atoms with E-state index >= 15 is 0 Å². The van der Waals surface area contributed by atoms with E-state index in [9.17, 15) is 8.42 Å². The summed E-state index contributed by atoms with van der Waals surface area (Å²) in [5, 5.41) is 0. The summed E-state index contributed by atoms with van der Waals surface area (Å²) in [5.74, 6) is 0. The first-order chi connectivity index (χ1) is 5.56. The molecule has 1 rings (SSSR count). The van der Waals surface area contributed by atoms with Gasteiger partial charge >= 0.3 is 72.0 Å². The molecule has 0 aliphatic carbocycles. The zero-order chi connectivity index (χ0) is 9.19. The van der Waals surface area contributed by atoms with E-state index in [0.717, 1.165) is 5.56 Å². The average Bonchev–Trinajstić information content (AvgIpc) is 2.05. The van der Waals surface area contributed by atoms with Crippen molar-refractivity contribution in [3.63, 3.8) is 0 Å². The van der Waals surface area contributed by atoms with Crippen molar-refractivity contribution < 1.29 is 8.42 Å². The number of benzene rings is 1. The molecule has 5 heteroatoms. The summed E-state index contributed by atoms with van der Waals surface area (Å²) < 4.78 is 25.2. The fourth-order valence-electron chi connectivity index (χ4n) is 0.785. The van der Waals surface area contributed by atoms with E-state index in [-0.39, 0.29) is 4.90 Å². The van der Waals surface area contributed by atoms with Crippen molar-refractivity contribution in [2.45, 2.75) is 11.8 Å². The molecule has 0 amide bonds. The predicted octanol–water partition coefficient (Wildman–Crippen LogP) is 0.768. The molecule has 0 radical (unpaired) electrons. The van der Waals surface area contributed by atoms with Crippen LogP contribution in [-0.4, -0.2) is 16.1 Å². The minimum absolute atomic E-state index is 0.183. The van der Waals surface area contributed by atoms with Crippen LogP contribution in [0, 0.1) is 6.92 Å². The second kappa shape index (κ2) is 3.19. The fourth-order valence-corrected chi connectivity index (χ4v) is 1.41. The monoisotopic (exact) mass is 181 g/mol. The van der Waals surface area contributed by atoms with Crippen LogP contribution in [-0.2, 0) is 10.0 Å². The van der Waals surface area contributed by atoms with E-state index in [4.69, 9.17) is 0 Å². The molecular weight excluding hydrogens is 173 g/mol. The molecule has 0 bridgehead atoms. The Morgan fingerprint density at radius 3 is 2.17 bits per heavy atom. The molecule has 0 spiro atoms. The topological polar surface area (TPSA) is 46.5 Å². The van der Waals surface area contributed by atoms with Crippen LogP contribution in [0.15, 0.2) is 33.5 Å². The van der Waals surface area contributed by atoms with Crippen LogP contribution in [0.3, 0.4) is 0 Å². The Kier molecular flexibility index (Phi) is 2.42. The molecule has 0 fully saturated rings. The second-order valence-electron chi connectivity index (χ2n) is 2.42. The quantitative estimate of drug-likeness (QED) is 0.632. The van der Waals surface area contributed by atoms with Crippen LogP contribution in [0.1, 0.15) is 5.56 Å². The molecule has 1 aromatic carbocycles. The Balaban J connectivity index is 3.23. The zero-order valence-electron chi connectivity index (χ0n) is 6.69. The van der Waals surface area contributed by atoms with Crippen molar-refractivity contribution in [2.24, 2.45) is 4.30 Å². The molecule has 62 valence electrons. The molecule has 0 heterocycles. The van der Waals surface area contributed by atoms with E-state index in [1.165, 1.54) is 12.1 Å². The maximum absolute atomic E-state index is 11.1. The molecule has 0 aromatic heterocycles. The van der Waals surface area contributed by atoms with Gasteiger partial charge in [0.2, 0.25) is 0 Å². The van der Waals surface area contributed by atoms with Gasteiger partial charge in [-0.05, 0) is 0 Å². The Hall–Kier alpha value is -0.965. The molecule has 3 nitrogen and oxygen atoms in total. The van der Waals surface area contributed by atoms with Gasteiger partial charge in [0.1, 0.15) is 0 Å². The van der Waals surface area contributed by atoms with Crippen molar-refractivity contribution in [1.82, 2.24) is 0 Å². The molecule has 0 aliphatic rings. The average molecular weight is 181 g/mol. The van der Waals surface area contributed by atoms with E-state index in [2.05, 4.69) is 11.9 Å². The Morgan fingerprint density at radius 2 is 1.75 bits per heavy atom. The van der Waals surface area contributed by atoms with E-state index in [0.29, 0.717) is 0 Å². The third-order valence-corrected chi connectivity index (χ3v) is 2.70. The van der Waals surface area contributed by atoms with Crippen LogP contribution in [0.5, 0.6) is 0 Å². The van der Waals surface area contributed by atoms with Gasteiger partial charge in [0.15, 0.2) is 0 Å². The van der Waals surface area contributed by atoms with Gasteiger partial charge in [-0.25, -0.2) is 0 Å². The number of hydrogen-bond acceptors (Lipinski definition) is 2. The van der Waals surface area contributed by atoms with Gasteiger partial charge in [0.25, 0.3) is 0 Å². The SMILES string of the molecule is B=NS(=O)(=O)c1ccc(C)cc1. The third-order valence-electron chi connectivity index (χ3n) is 1.49. The molecule has 0 atom stereocenters. The first kappa shape index (κ1) is 9.13. The van der Waals surface area contributed by atoms with E-state index in [1.807, 2.05) is 6.92 Å². The summed E-state index contributed by atoms with van der Waals surface area (Å²) in [5.41, 5.74) is 1.01. The zero-order valence-corrected chi connectivity index (χ0v) is 7.50. The molecule has 0 aliphatic heterocycles. The molecule has 0 unspecified atom stereocenters. The number of nitrogens with zero attached hydrogens (tertiary/aromatic N) is 1. The summed E-state index contributed by atoms with van der Waals surface area (Å²) in [7, 11) is -0.508. The van der Waals surface area contributed by atoms with Crippen molar-refractivity contribution in [2.75, 3.05) is 0 Å². The van der Waals surface area contributed by atoms with Crippen LogP contribution < -0.4 is 0 Å². The Bertz CT molecular complexity index is 382. The summed E-state index contributed by atoms with van der Waals surface area (Å²) >= 11 is 0. The van der Waals surface area contributed by atoms with Crippen LogP contribution in [0.2, 0.25) is 0 Å². The molecule has 1 aromatic rings. The summed E-state index contributed by atoms with van der Waals surface area (Å²) in [6.45, 7) is 1.89. The number of rotatable bonds is 2. The van der Waals surface area contributed by atoms with Crippen molar-refractivity contribution in [1.29, 1.82) is 0 Å². The second-order valence-corrected chi connectivity index (χ2v) is 4.10. The van der Waals surface area contributed by atoms with Crippen LogP contribution >= 0.6 is 0 Å². The molecule has 12 heavy (non-hydrogen) atoms. The van der Waals surface area contributed by atoms with Gasteiger partial charge in [-0.2, -0.15) is 0 Å². The summed E-state index contributed by atoms with van der Waals surface area (Å²) in [6.07, 6.45) is 0. The number of sulfonamides is 1. The van der Waals surface area contributed by atoms with Gasteiger partial charge in [0, 0.05) is 0 Å². The van der Waals surface area contributed by atoms with Gasteiger partial charge in [0.05, 0.1) is 0 Å². The van der Waals surface area contributed by atoms with Crippen molar-refractivity contribution in [3.8, 4) is 0 Å². The third kappa shape index (κ3) is 1.79. The number of aryl methyl sites for hydroxylation is 1. The van der Waals surface area contributed by atoms with E-state index < -0.39 is 10.0 Å². The fraction of sp³-hybridized carbons (Fsp3) is 0.143.